The first-order chi connectivity index (χ1) is 9.17. The predicted octanol–water partition coefficient (Wildman–Crippen LogP) is 3.32. The van der Waals surface area contributed by atoms with Crippen LogP contribution in [0.1, 0.15) is 45.1 Å². The molecular weight excluding hydrogens is 238 g/mol. The molecule has 0 heterocycles. The molecule has 0 aliphatic heterocycles. The zero-order valence-corrected chi connectivity index (χ0v) is 12.2. The lowest BCUT2D eigenvalue weighted by atomic mass is 10.1. The molecule has 0 aliphatic rings. The number of nitrogens with one attached hydrogen (secondary N) is 1. The topological polar surface area (TPSA) is 38.3 Å². The van der Waals surface area contributed by atoms with Crippen molar-refractivity contribution in [2.45, 2.75) is 52.0 Å². The molecule has 1 rings (SSSR count). The van der Waals surface area contributed by atoms with Gasteiger partial charge in [0.25, 0.3) is 0 Å². The average molecular weight is 263 g/mol. The molecule has 1 aromatic rings. The number of carbonyl (C=O) groups excluding carboxylic acids is 1. The van der Waals surface area contributed by atoms with Gasteiger partial charge < -0.3 is 10.1 Å². The Morgan fingerprint density at radius 1 is 1.32 bits per heavy atom. The Labute approximate surface area is 116 Å². The van der Waals surface area contributed by atoms with E-state index in [0.29, 0.717) is 6.42 Å². The Kier molecular flexibility index (Phi) is 7.01. The third-order valence-corrected chi connectivity index (χ3v) is 3.19. The fraction of sp³-hybridized carbons (Fsp3) is 0.562. The summed E-state index contributed by atoms with van der Waals surface area (Å²) < 4.78 is 5.25. The van der Waals surface area contributed by atoms with Crippen LogP contribution in [0.4, 0.5) is 0 Å². The van der Waals surface area contributed by atoms with Gasteiger partial charge >= 0.3 is 0 Å². The summed E-state index contributed by atoms with van der Waals surface area (Å²) in [4.78, 5) is 12.0. The van der Waals surface area contributed by atoms with Gasteiger partial charge in [0.1, 0.15) is 5.75 Å². The molecule has 19 heavy (non-hydrogen) atoms. The van der Waals surface area contributed by atoms with Crippen molar-refractivity contribution in [2.75, 3.05) is 7.11 Å². The van der Waals surface area contributed by atoms with E-state index in [1.54, 1.807) is 7.11 Å². The highest BCUT2D eigenvalue weighted by Crippen LogP contribution is 2.17. The van der Waals surface area contributed by atoms with Gasteiger partial charge in [-0.05, 0) is 19.4 Å². The molecule has 0 aromatic heterocycles. The van der Waals surface area contributed by atoms with Gasteiger partial charge in [-0.25, -0.2) is 0 Å². The van der Waals surface area contributed by atoms with E-state index in [9.17, 15) is 4.79 Å². The molecule has 0 radical (unpaired) electrons. The quantitative estimate of drug-likeness (QED) is 0.731. The minimum atomic E-state index is 0.0634. The van der Waals surface area contributed by atoms with Crippen molar-refractivity contribution in [3.8, 4) is 5.75 Å². The fourth-order valence-corrected chi connectivity index (χ4v) is 2.12. The Morgan fingerprint density at radius 3 is 2.74 bits per heavy atom. The lowest BCUT2D eigenvalue weighted by Crippen LogP contribution is -2.33. The number of rotatable bonds is 8. The number of ether oxygens (including phenoxy) is 1. The van der Waals surface area contributed by atoms with Gasteiger partial charge in [0.2, 0.25) is 5.91 Å². The fourth-order valence-electron chi connectivity index (χ4n) is 2.12. The van der Waals surface area contributed by atoms with Crippen LogP contribution in [0.25, 0.3) is 0 Å². The van der Waals surface area contributed by atoms with E-state index >= 15 is 0 Å². The monoisotopic (exact) mass is 263 g/mol. The third kappa shape index (κ3) is 5.77. The number of para-hydroxylation sites is 1. The van der Waals surface area contributed by atoms with Crippen LogP contribution in [0.5, 0.6) is 5.75 Å². The highest BCUT2D eigenvalue weighted by atomic mass is 16.5. The summed E-state index contributed by atoms with van der Waals surface area (Å²) in [6, 6.07) is 7.89. The maximum atomic E-state index is 12.0. The molecule has 0 aliphatic carbocycles. The summed E-state index contributed by atoms with van der Waals surface area (Å²) >= 11 is 0. The van der Waals surface area contributed by atoms with E-state index in [1.807, 2.05) is 24.3 Å². The first-order valence-electron chi connectivity index (χ1n) is 7.08. The summed E-state index contributed by atoms with van der Waals surface area (Å²) in [5.74, 6) is 0.838. The van der Waals surface area contributed by atoms with Gasteiger partial charge in [-0.2, -0.15) is 0 Å². The number of amides is 1. The lowest BCUT2D eigenvalue weighted by molar-refractivity contribution is -0.121. The Hall–Kier alpha value is -1.51. The molecule has 0 spiro atoms. The summed E-state index contributed by atoms with van der Waals surface area (Å²) in [6.45, 7) is 4.25. The maximum Gasteiger partial charge on any atom is 0.224 e. The SMILES string of the molecule is CCCCCC(C)NC(=O)Cc1ccccc1OC. The normalized spacial score (nSPS) is 11.9. The zero-order chi connectivity index (χ0) is 14.1. The second kappa shape index (κ2) is 8.57. The Morgan fingerprint density at radius 2 is 2.05 bits per heavy atom. The first kappa shape index (κ1) is 15.5. The molecule has 1 amide bonds. The summed E-state index contributed by atoms with van der Waals surface area (Å²) in [5.41, 5.74) is 0.934. The second-order valence-electron chi connectivity index (χ2n) is 4.95. The minimum Gasteiger partial charge on any atom is -0.496 e. The minimum absolute atomic E-state index is 0.0634. The number of hydrogen-bond donors (Lipinski definition) is 1. The van der Waals surface area contributed by atoms with Gasteiger partial charge in [0.05, 0.1) is 13.5 Å². The number of unbranched alkanes of at least 4 members (excludes halogenated alkanes) is 2. The Bertz CT molecular complexity index is 390. The zero-order valence-electron chi connectivity index (χ0n) is 12.2. The van der Waals surface area contributed by atoms with Crippen molar-refractivity contribution >= 4 is 5.91 Å². The number of methoxy groups -OCH3 is 1. The van der Waals surface area contributed by atoms with E-state index in [0.717, 1.165) is 17.7 Å². The number of carbonyl (C=O) groups is 1. The molecule has 3 heteroatoms. The molecule has 0 saturated carbocycles. The molecule has 0 bridgehead atoms. The van der Waals surface area contributed by atoms with Crippen LogP contribution < -0.4 is 10.1 Å². The van der Waals surface area contributed by atoms with Gasteiger partial charge in [-0.15, -0.1) is 0 Å². The van der Waals surface area contributed by atoms with Gasteiger partial charge in [0, 0.05) is 11.6 Å². The molecule has 1 aromatic carbocycles. The lowest BCUT2D eigenvalue weighted by Gasteiger charge is -2.14. The van der Waals surface area contributed by atoms with Gasteiger partial charge in [-0.1, -0.05) is 44.4 Å². The standard InChI is InChI=1S/C16H25NO2/c1-4-5-6-9-13(2)17-16(18)12-14-10-7-8-11-15(14)19-3/h7-8,10-11,13H,4-6,9,12H2,1-3H3,(H,17,18). The van der Waals surface area contributed by atoms with Crippen LogP contribution in [0.2, 0.25) is 0 Å². The summed E-state index contributed by atoms with van der Waals surface area (Å²) in [5, 5.41) is 3.04. The van der Waals surface area contributed by atoms with E-state index < -0.39 is 0 Å². The van der Waals surface area contributed by atoms with Crippen molar-refractivity contribution in [1.29, 1.82) is 0 Å². The van der Waals surface area contributed by atoms with Crippen molar-refractivity contribution in [3.05, 3.63) is 29.8 Å². The van der Waals surface area contributed by atoms with Crippen LogP contribution >= 0.6 is 0 Å². The molecule has 1 atom stereocenters. The van der Waals surface area contributed by atoms with Crippen LogP contribution in [-0.4, -0.2) is 19.1 Å². The van der Waals surface area contributed by atoms with E-state index in [2.05, 4.69) is 19.2 Å². The molecular formula is C16H25NO2. The molecule has 1 unspecified atom stereocenters. The van der Waals surface area contributed by atoms with Crippen LogP contribution in [0.3, 0.4) is 0 Å². The summed E-state index contributed by atoms with van der Waals surface area (Å²) in [7, 11) is 1.63. The van der Waals surface area contributed by atoms with Crippen LogP contribution in [0.15, 0.2) is 24.3 Å². The average Bonchev–Trinajstić information content (AvgIpc) is 2.39. The largest absolute Gasteiger partial charge is 0.496 e. The number of hydrogen-bond acceptors (Lipinski definition) is 2. The highest BCUT2D eigenvalue weighted by molar-refractivity contribution is 5.79. The van der Waals surface area contributed by atoms with E-state index in [1.165, 1.54) is 19.3 Å². The molecule has 106 valence electrons. The van der Waals surface area contributed by atoms with E-state index in [-0.39, 0.29) is 11.9 Å². The number of benzene rings is 1. The van der Waals surface area contributed by atoms with Gasteiger partial charge in [0.15, 0.2) is 0 Å². The molecule has 0 fully saturated rings. The molecule has 3 nitrogen and oxygen atoms in total. The highest BCUT2D eigenvalue weighted by Gasteiger charge is 2.10. The van der Waals surface area contributed by atoms with Gasteiger partial charge in [-0.3, -0.25) is 4.79 Å². The maximum absolute atomic E-state index is 12.0. The van der Waals surface area contributed by atoms with Crippen LogP contribution in [-0.2, 0) is 11.2 Å². The van der Waals surface area contributed by atoms with Crippen molar-refractivity contribution in [1.82, 2.24) is 5.32 Å². The predicted molar refractivity (Wildman–Crippen MR) is 78.4 cm³/mol. The Balaban J connectivity index is 2.42. The molecule has 1 N–H and O–H groups in total. The van der Waals surface area contributed by atoms with Crippen molar-refractivity contribution in [3.63, 3.8) is 0 Å². The third-order valence-electron chi connectivity index (χ3n) is 3.19. The first-order valence-corrected chi connectivity index (χ1v) is 7.08. The van der Waals surface area contributed by atoms with E-state index in [4.69, 9.17) is 4.74 Å². The smallest absolute Gasteiger partial charge is 0.224 e. The molecule has 0 saturated heterocycles. The summed E-state index contributed by atoms with van der Waals surface area (Å²) in [6.07, 6.45) is 5.04. The van der Waals surface area contributed by atoms with Crippen molar-refractivity contribution in [2.24, 2.45) is 0 Å². The second-order valence-corrected chi connectivity index (χ2v) is 4.95. The van der Waals surface area contributed by atoms with Crippen LogP contribution in [0, 0.1) is 0 Å². The van der Waals surface area contributed by atoms with Crippen molar-refractivity contribution < 1.29 is 9.53 Å².